The number of aromatic nitrogens is 4. The number of rotatable bonds is 4. The molecule has 0 radical (unpaired) electrons. The van der Waals surface area contributed by atoms with E-state index in [-0.39, 0.29) is 6.61 Å². The van der Waals surface area contributed by atoms with Gasteiger partial charge in [0.15, 0.2) is 16.4 Å². The Kier molecular flexibility index (Phi) is 3.58. The fraction of sp³-hybridized carbons (Fsp3) is 0.125. The first-order valence-electron chi connectivity index (χ1n) is 7.18. The molecule has 4 heterocycles. The maximum Gasteiger partial charge on any atom is 0.344 e. The third kappa shape index (κ3) is 2.56. The van der Waals surface area contributed by atoms with Crippen LogP contribution in [0.15, 0.2) is 46.7 Å². The Hall–Kier alpha value is -3.00. The van der Waals surface area contributed by atoms with Crippen LogP contribution in [0.25, 0.3) is 16.4 Å². The molecule has 0 saturated heterocycles. The highest BCUT2D eigenvalue weighted by Gasteiger charge is 2.20. The minimum atomic E-state index is -0.464. The average Bonchev–Trinajstić information content (AvgIpc) is 3.31. The van der Waals surface area contributed by atoms with Crippen LogP contribution < -0.4 is 0 Å². The molecule has 4 aromatic rings. The summed E-state index contributed by atoms with van der Waals surface area (Å²) in [6.45, 7) is 1.84. The molecule has 0 aliphatic carbocycles. The van der Waals surface area contributed by atoms with Crippen molar-refractivity contribution in [1.29, 1.82) is 0 Å². The lowest BCUT2D eigenvalue weighted by molar-refractivity contribution is 0.0469. The predicted molar refractivity (Wildman–Crippen MR) is 86.7 cm³/mol. The number of thiazole rings is 1. The summed E-state index contributed by atoms with van der Waals surface area (Å²) in [5.41, 5.74) is 2.10. The van der Waals surface area contributed by atoms with Crippen molar-refractivity contribution < 1.29 is 13.9 Å². The summed E-state index contributed by atoms with van der Waals surface area (Å²) in [5, 5.41) is 6.84. The third-order valence-corrected chi connectivity index (χ3v) is 4.31. The van der Waals surface area contributed by atoms with E-state index in [4.69, 9.17) is 9.15 Å². The second kappa shape index (κ2) is 5.89. The van der Waals surface area contributed by atoms with Gasteiger partial charge in [-0.25, -0.2) is 19.3 Å². The minimum absolute atomic E-state index is 0.0830. The molecule has 0 bridgehead atoms. The minimum Gasteiger partial charge on any atom is -0.462 e. The first-order valence-corrected chi connectivity index (χ1v) is 8.05. The standard InChI is InChI=1S/C16H12N4O3S/c1-10-13(14-17-5-3-6-20(14)19-10)16(21)23-8-11-9-24-15(18-11)12-4-2-7-22-12/h2-7,9H,8H2,1H3. The Morgan fingerprint density at radius 3 is 3.17 bits per heavy atom. The van der Waals surface area contributed by atoms with Crippen molar-refractivity contribution in [2.45, 2.75) is 13.5 Å². The van der Waals surface area contributed by atoms with E-state index < -0.39 is 5.97 Å². The first-order chi connectivity index (χ1) is 11.7. The van der Waals surface area contributed by atoms with Crippen molar-refractivity contribution >= 4 is 23.0 Å². The summed E-state index contributed by atoms with van der Waals surface area (Å²) < 4.78 is 12.2. The van der Waals surface area contributed by atoms with Crippen LogP contribution in [0.1, 0.15) is 21.7 Å². The number of furan rings is 1. The largest absolute Gasteiger partial charge is 0.462 e. The number of hydrogen-bond donors (Lipinski definition) is 0. The lowest BCUT2D eigenvalue weighted by atomic mass is 10.2. The van der Waals surface area contributed by atoms with Crippen LogP contribution >= 0.6 is 11.3 Å². The van der Waals surface area contributed by atoms with E-state index in [2.05, 4.69) is 15.1 Å². The number of hydrogen-bond acceptors (Lipinski definition) is 7. The van der Waals surface area contributed by atoms with Crippen LogP contribution in [-0.2, 0) is 11.3 Å². The lowest BCUT2D eigenvalue weighted by Crippen LogP contribution is -2.07. The zero-order chi connectivity index (χ0) is 16.5. The second-order valence-corrected chi connectivity index (χ2v) is 5.90. The summed E-state index contributed by atoms with van der Waals surface area (Å²) >= 11 is 1.44. The van der Waals surface area contributed by atoms with Crippen LogP contribution in [0.2, 0.25) is 0 Å². The molecule has 24 heavy (non-hydrogen) atoms. The highest BCUT2D eigenvalue weighted by Crippen LogP contribution is 2.24. The van der Waals surface area contributed by atoms with E-state index in [0.717, 1.165) is 5.01 Å². The highest BCUT2D eigenvalue weighted by molar-refractivity contribution is 7.13. The molecule has 7 nitrogen and oxygen atoms in total. The molecule has 0 aliphatic rings. The SMILES string of the molecule is Cc1nn2cccnc2c1C(=O)OCc1csc(-c2ccco2)n1. The van der Waals surface area contributed by atoms with Crippen LogP contribution in [0.5, 0.6) is 0 Å². The normalized spacial score (nSPS) is 11.0. The van der Waals surface area contributed by atoms with Crippen molar-refractivity contribution in [1.82, 2.24) is 19.6 Å². The van der Waals surface area contributed by atoms with Gasteiger partial charge in [0.05, 0.1) is 17.7 Å². The summed E-state index contributed by atoms with van der Waals surface area (Å²) in [5.74, 6) is 0.231. The smallest absolute Gasteiger partial charge is 0.344 e. The predicted octanol–water partition coefficient (Wildman–Crippen LogP) is 3.11. The van der Waals surface area contributed by atoms with E-state index in [0.29, 0.717) is 28.4 Å². The fourth-order valence-corrected chi connectivity index (χ4v) is 3.10. The molecule has 0 amide bonds. The first kappa shape index (κ1) is 14.6. The van der Waals surface area contributed by atoms with Gasteiger partial charge in [0.1, 0.15) is 12.2 Å². The Bertz CT molecular complexity index is 1000. The maximum atomic E-state index is 12.4. The van der Waals surface area contributed by atoms with Gasteiger partial charge in [0.25, 0.3) is 0 Å². The van der Waals surface area contributed by atoms with Crippen molar-refractivity contribution in [2.24, 2.45) is 0 Å². The molecule has 4 aromatic heterocycles. The summed E-state index contributed by atoms with van der Waals surface area (Å²) in [6, 6.07) is 5.39. The molecular formula is C16H12N4O3S. The van der Waals surface area contributed by atoms with Gasteiger partial charge >= 0.3 is 5.97 Å². The average molecular weight is 340 g/mol. The number of aryl methyl sites for hydroxylation is 1. The Morgan fingerprint density at radius 2 is 2.33 bits per heavy atom. The van der Waals surface area contributed by atoms with Gasteiger partial charge in [-0.05, 0) is 25.1 Å². The molecule has 4 rings (SSSR count). The molecule has 0 atom stereocenters. The number of carbonyl (C=O) groups excluding carboxylic acids is 1. The monoisotopic (exact) mass is 340 g/mol. The number of ether oxygens (including phenoxy) is 1. The van der Waals surface area contributed by atoms with E-state index >= 15 is 0 Å². The van der Waals surface area contributed by atoms with Gasteiger partial charge in [-0.2, -0.15) is 5.10 Å². The molecule has 0 fully saturated rings. The molecular weight excluding hydrogens is 328 g/mol. The Labute approximate surface area is 140 Å². The lowest BCUT2D eigenvalue weighted by Gasteiger charge is -2.02. The van der Waals surface area contributed by atoms with Crippen molar-refractivity contribution in [2.75, 3.05) is 0 Å². The second-order valence-electron chi connectivity index (χ2n) is 5.05. The van der Waals surface area contributed by atoms with E-state index in [1.165, 1.54) is 11.3 Å². The molecule has 0 spiro atoms. The number of fused-ring (bicyclic) bond motifs is 1. The fourth-order valence-electron chi connectivity index (χ4n) is 2.33. The van der Waals surface area contributed by atoms with Crippen LogP contribution in [0.3, 0.4) is 0 Å². The molecule has 8 heteroatoms. The molecule has 0 aliphatic heterocycles. The van der Waals surface area contributed by atoms with Crippen LogP contribution in [0, 0.1) is 6.92 Å². The Balaban J connectivity index is 1.51. The zero-order valence-corrected chi connectivity index (χ0v) is 13.5. The van der Waals surface area contributed by atoms with Crippen LogP contribution in [-0.4, -0.2) is 25.6 Å². The van der Waals surface area contributed by atoms with Gasteiger partial charge < -0.3 is 9.15 Å². The molecule has 0 aromatic carbocycles. The van der Waals surface area contributed by atoms with Crippen molar-refractivity contribution in [3.8, 4) is 10.8 Å². The molecule has 120 valence electrons. The molecule has 0 saturated carbocycles. The van der Waals surface area contributed by atoms with Gasteiger partial charge in [-0.3, -0.25) is 0 Å². The highest BCUT2D eigenvalue weighted by atomic mass is 32.1. The van der Waals surface area contributed by atoms with E-state index in [1.807, 2.05) is 11.4 Å². The topological polar surface area (TPSA) is 82.5 Å². The van der Waals surface area contributed by atoms with Gasteiger partial charge in [-0.1, -0.05) is 0 Å². The number of esters is 1. The van der Waals surface area contributed by atoms with E-state index in [1.54, 1.807) is 42.2 Å². The zero-order valence-electron chi connectivity index (χ0n) is 12.7. The summed E-state index contributed by atoms with van der Waals surface area (Å²) in [4.78, 5) is 21.0. The van der Waals surface area contributed by atoms with Gasteiger partial charge in [0, 0.05) is 17.8 Å². The molecule has 0 N–H and O–H groups in total. The quantitative estimate of drug-likeness (QED) is 0.531. The summed E-state index contributed by atoms with van der Waals surface area (Å²) in [7, 11) is 0. The van der Waals surface area contributed by atoms with Gasteiger partial charge in [-0.15, -0.1) is 11.3 Å². The number of nitrogens with zero attached hydrogens (tertiary/aromatic N) is 4. The van der Waals surface area contributed by atoms with E-state index in [9.17, 15) is 4.79 Å². The third-order valence-electron chi connectivity index (χ3n) is 3.41. The molecule has 0 unspecified atom stereocenters. The Morgan fingerprint density at radius 1 is 1.42 bits per heavy atom. The van der Waals surface area contributed by atoms with Gasteiger partial charge in [0.2, 0.25) is 0 Å². The summed E-state index contributed by atoms with van der Waals surface area (Å²) in [6.07, 6.45) is 4.95. The maximum absolute atomic E-state index is 12.4. The van der Waals surface area contributed by atoms with Crippen molar-refractivity contribution in [3.63, 3.8) is 0 Å². The van der Waals surface area contributed by atoms with Crippen LogP contribution in [0.4, 0.5) is 0 Å². The van der Waals surface area contributed by atoms with Crippen molar-refractivity contribution in [3.05, 3.63) is 59.2 Å². The number of carbonyl (C=O) groups is 1.